The molecule has 0 aromatic carbocycles. The van der Waals surface area contributed by atoms with E-state index in [9.17, 15) is 0 Å². The smallest absolute Gasteiger partial charge is 0.0490 e. The Bertz CT molecular complexity index is 391. The quantitative estimate of drug-likeness (QED) is 0.876. The molecule has 2 heterocycles. The summed E-state index contributed by atoms with van der Waals surface area (Å²) in [6.07, 6.45) is 4.02. The topological polar surface area (TPSA) is 15.3 Å². The van der Waals surface area contributed by atoms with Gasteiger partial charge in [0.1, 0.15) is 0 Å². The molecule has 4 heteroatoms. The van der Waals surface area contributed by atoms with E-state index in [-0.39, 0.29) is 0 Å². The summed E-state index contributed by atoms with van der Waals surface area (Å²) in [6.45, 7) is 6.80. The van der Waals surface area contributed by atoms with Crippen LogP contribution in [0.15, 0.2) is 15.9 Å². The Morgan fingerprint density at radius 1 is 1.47 bits per heavy atom. The van der Waals surface area contributed by atoms with Crippen molar-refractivity contribution in [2.75, 3.05) is 20.1 Å². The van der Waals surface area contributed by atoms with Gasteiger partial charge in [0.2, 0.25) is 0 Å². The summed E-state index contributed by atoms with van der Waals surface area (Å²) >= 11 is 5.62. The van der Waals surface area contributed by atoms with Gasteiger partial charge in [0.25, 0.3) is 0 Å². The van der Waals surface area contributed by atoms with E-state index in [1.807, 2.05) is 11.3 Å². The molecule has 0 spiro atoms. The number of likely N-dealkylation sites (tertiary alicyclic amines) is 1. The summed E-state index contributed by atoms with van der Waals surface area (Å²) < 4.78 is 1.28. The molecule has 108 valence electrons. The second kappa shape index (κ2) is 7.21. The largest absolute Gasteiger partial charge is 0.314 e. The molecule has 1 aliphatic rings. The van der Waals surface area contributed by atoms with Crippen LogP contribution in [0.25, 0.3) is 0 Å². The van der Waals surface area contributed by atoms with Crippen LogP contribution in [-0.2, 0) is 0 Å². The number of thiophene rings is 1. The summed E-state index contributed by atoms with van der Waals surface area (Å²) in [5, 5.41) is 5.84. The van der Waals surface area contributed by atoms with Gasteiger partial charge >= 0.3 is 0 Å². The molecule has 1 aromatic heterocycles. The molecule has 2 rings (SSSR count). The van der Waals surface area contributed by atoms with Gasteiger partial charge in [-0.15, -0.1) is 11.3 Å². The second-order valence-electron chi connectivity index (χ2n) is 5.88. The van der Waals surface area contributed by atoms with Gasteiger partial charge in [0.15, 0.2) is 0 Å². The highest BCUT2D eigenvalue weighted by atomic mass is 79.9. The number of nitrogens with one attached hydrogen (secondary N) is 1. The van der Waals surface area contributed by atoms with Gasteiger partial charge in [0, 0.05) is 28.0 Å². The molecule has 19 heavy (non-hydrogen) atoms. The van der Waals surface area contributed by atoms with E-state index < -0.39 is 0 Å². The molecule has 1 N–H and O–H groups in total. The fourth-order valence-electron chi connectivity index (χ4n) is 2.96. The average molecular weight is 345 g/mol. The van der Waals surface area contributed by atoms with Gasteiger partial charge in [-0.05, 0) is 59.7 Å². The van der Waals surface area contributed by atoms with Crippen molar-refractivity contribution in [3.63, 3.8) is 0 Å². The van der Waals surface area contributed by atoms with Gasteiger partial charge in [-0.3, -0.25) is 4.90 Å². The first-order valence-electron chi connectivity index (χ1n) is 7.26. The maximum absolute atomic E-state index is 3.73. The third kappa shape index (κ3) is 4.03. The number of hydrogen-bond donors (Lipinski definition) is 1. The van der Waals surface area contributed by atoms with Crippen LogP contribution in [0.2, 0.25) is 0 Å². The summed E-state index contributed by atoms with van der Waals surface area (Å²) in [6, 6.07) is 3.31. The van der Waals surface area contributed by atoms with Crippen LogP contribution in [0.1, 0.15) is 44.0 Å². The van der Waals surface area contributed by atoms with Crippen LogP contribution < -0.4 is 5.32 Å². The molecule has 1 aromatic rings. The molecule has 2 atom stereocenters. The zero-order valence-corrected chi connectivity index (χ0v) is 14.6. The van der Waals surface area contributed by atoms with E-state index in [0.717, 1.165) is 6.54 Å². The van der Waals surface area contributed by atoms with Gasteiger partial charge in [-0.1, -0.05) is 20.3 Å². The summed E-state index contributed by atoms with van der Waals surface area (Å²) in [5.74, 6) is 0.713. The molecule has 1 aliphatic heterocycles. The van der Waals surface area contributed by atoms with E-state index in [0.29, 0.717) is 18.0 Å². The fraction of sp³-hybridized carbons (Fsp3) is 0.733. The normalized spacial score (nSPS) is 25.7. The van der Waals surface area contributed by atoms with Crippen molar-refractivity contribution in [3.05, 3.63) is 20.8 Å². The lowest BCUT2D eigenvalue weighted by Gasteiger charge is -2.32. The lowest BCUT2D eigenvalue weighted by atomic mass is 9.93. The lowest BCUT2D eigenvalue weighted by Crippen LogP contribution is -2.36. The van der Waals surface area contributed by atoms with Crippen molar-refractivity contribution in [1.82, 2.24) is 10.2 Å². The van der Waals surface area contributed by atoms with Gasteiger partial charge in [-0.2, -0.15) is 0 Å². The van der Waals surface area contributed by atoms with Crippen LogP contribution in [0, 0.1) is 5.92 Å². The molecule has 2 unspecified atom stereocenters. The minimum absolute atomic E-state index is 0.558. The van der Waals surface area contributed by atoms with Gasteiger partial charge in [0.05, 0.1) is 0 Å². The van der Waals surface area contributed by atoms with Crippen molar-refractivity contribution in [1.29, 1.82) is 0 Å². The summed E-state index contributed by atoms with van der Waals surface area (Å²) in [5.41, 5.74) is 0. The maximum Gasteiger partial charge on any atom is 0.0490 e. The van der Waals surface area contributed by atoms with E-state index in [4.69, 9.17) is 0 Å². The predicted octanol–water partition coefficient (Wildman–Crippen LogP) is 4.28. The average Bonchev–Trinajstić information content (AvgIpc) is 2.68. The Morgan fingerprint density at radius 3 is 2.89 bits per heavy atom. The Hall–Kier alpha value is 0.100. The first kappa shape index (κ1) is 15.5. The first-order chi connectivity index (χ1) is 9.09. The SMILES string of the molecule is CC(C)NCC1CCCCN(C)C1c1sccc1Br. The molecule has 1 saturated heterocycles. The minimum atomic E-state index is 0.558. The van der Waals surface area contributed by atoms with E-state index in [1.54, 1.807) is 0 Å². The molecule has 1 fully saturated rings. The number of halogens is 1. The van der Waals surface area contributed by atoms with Crippen molar-refractivity contribution < 1.29 is 0 Å². The van der Waals surface area contributed by atoms with Crippen molar-refractivity contribution in [3.8, 4) is 0 Å². The number of nitrogens with zero attached hydrogens (tertiary/aromatic N) is 1. The molecule has 0 aliphatic carbocycles. The molecular formula is C15H25BrN2S. The zero-order valence-electron chi connectivity index (χ0n) is 12.2. The van der Waals surface area contributed by atoms with Crippen LogP contribution in [-0.4, -0.2) is 31.1 Å². The fourth-order valence-corrected chi connectivity index (χ4v) is 4.82. The van der Waals surface area contributed by atoms with Crippen molar-refractivity contribution >= 4 is 27.3 Å². The monoisotopic (exact) mass is 344 g/mol. The molecule has 2 nitrogen and oxygen atoms in total. The highest BCUT2D eigenvalue weighted by molar-refractivity contribution is 9.10. The van der Waals surface area contributed by atoms with Crippen molar-refractivity contribution in [2.45, 2.75) is 45.2 Å². The van der Waals surface area contributed by atoms with E-state index in [2.05, 4.69) is 58.5 Å². The molecule has 0 saturated carbocycles. The number of hydrogen-bond acceptors (Lipinski definition) is 3. The minimum Gasteiger partial charge on any atom is -0.314 e. The standard InChI is InChI=1S/C15H25BrN2S/c1-11(2)17-10-12-6-4-5-8-18(3)14(12)15-13(16)7-9-19-15/h7,9,11-12,14,17H,4-6,8,10H2,1-3H3. The second-order valence-corrected chi connectivity index (χ2v) is 7.68. The zero-order chi connectivity index (χ0) is 13.8. The first-order valence-corrected chi connectivity index (χ1v) is 8.93. The Kier molecular flexibility index (Phi) is 5.87. The van der Waals surface area contributed by atoms with Crippen LogP contribution in [0.3, 0.4) is 0 Å². The van der Waals surface area contributed by atoms with E-state index in [1.165, 1.54) is 35.2 Å². The van der Waals surface area contributed by atoms with Gasteiger partial charge in [-0.25, -0.2) is 0 Å². The highest BCUT2D eigenvalue weighted by Crippen LogP contribution is 2.40. The summed E-state index contributed by atoms with van der Waals surface area (Å²) in [7, 11) is 2.28. The molecule has 0 amide bonds. The molecular weight excluding hydrogens is 320 g/mol. The number of rotatable bonds is 4. The predicted molar refractivity (Wildman–Crippen MR) is 87.9 cm³/mol. The third-order valence-electron chi connectivity index (χ3n) is 3.96. The van der Waals surface area contributed by atoms with E-state index >= 15 is 0 Å². The Labute approximate surface area is 129 Å². The third-order valence-corrected chi connectivity index (χ3v) is 5.90. The van der Waals surface area contributed by atoms with Crippen LogP contribution in [0.4, 0.5) is 0 Å². The Morgan fingerprint density at radius 2 is 2.26 bits per heavy atom. The molecule has 0 radical (unpaired) electrons. The highest BCUT2D eigenvalue weighted by Gasteiger charge is 2.31. The Balaban J connectivity index is 2.18. The molecule has 0 bridgehead atoms. The summed E-state index contributed by atoms with van der Waals surface area (Å²) in [4.78, 5) is 4.05. The lowest BCUT2D eigenvalue weighted by molar-refractivity contribution is 0.190. The maximum atomic E-state index is 3.73. The van der Waals surface area contributed by atoms with Gasteiger partial charge < -0.3 is 5.32 Å². The van der Waals surface area contributed by atoms with Crippen LogP contribution in [0.5, 0.6) is 0 Å². The van der Waals surface area contributed by atoms with Crippen molar-refractivity contribution in [2.24, 2.45) is 5.92 Å². The van der Waals surface area contributed by atoms with Crippen LogP contribution >= 0.6 is 27.3 Å².